The third-order valence-corrected chi connectivity index (χ3v) is 6.37. The van der Waals surface area contributed by atoms with E-state index in [9.17, 15) is 28.3 Å². The molecule has 194 valence electrons. The Morgan fingerprint density at radius 3 is 2.55 bits per heavy atom. The SMILES string of the molecule is Cc1nc(N)nc(N2C[C@@H](O)C[C@H]2c2nc3cccc(C(F)(F)F)c3c(=O)n2-c2ccccc2F)c1C#N. The second-order valence-corrected chi connectivity index (χ2v) is 8.79. The van der Waals surface area contributed by atoms with Gasteiger partial charge >= 0.3 is 6.18 Å². The highest BCUT2D eigenvalue weighted by atomic mass is 19.4. The normalized spacial score (nSPS) is 17.7. The van der Waals surface area contributed by atoms with Crippen molar-refractivity contribution in [1.29, 1.82) is 5.26 Å². The highest BCUT2D eigenvalue weighted by molar-refractivity contribution is 5.82. The fraction of sp³-hybridized carbons (Fsp3) is 0.240. The van der Waals surface area contributed by atoms with Crippen LogP contribution < -0.4 is 16.2 Å². The molecule has 2 aromatic heterocycles. The minimum Gasteiger partial charge on any atom is -0.391 e. The Bertz CT molecular complexity index is 1680. The summed E-state index contributed by atoms with van der Waals surface area (Å²) in [5, 5.41) is 19.6. The molecule has 5 rings (SSSR count). The number of β-amino-alcohol motifs (C(OH)–C–C–N with tert-alkyl or cyclic N) is 1. The van der Waals surface area contributed by atoms with Crippen LogP contribution in [0.2, 0.25) is 0 Å². The van der Waals surface area contributed by atoms with E-state index in [0.717, 1.165) is 22.8 Å². The second-order valence-electron chi connectivity index (χ2n) is 8.79. The quantitative estimate of drug-likeness (QED) is 0.389. The minimum absolute atomic E-state index is 0.0425. The highest BCUT2D eigenvalue weighted by Gasteiger charge is 2.40. The number of hydrogen-bond donors (Lipinski definition) is 2. The number of aromatic nitrogens is 4. The van der Waals surface area contributed by atoms with E-state index < -0.39 is 40.6 Å². The number of anilines is 2. The number of alkyl halides is 3. The van der Waals surface area contributed by atoms with Gasteiger partial charge in [0.05, 0.1) is 40.0 Å². The van der Waals surface area contributed by atoms with E-state index in [1.807, 2.05) is 6.07 Å². The third kappa shape index (κ3) is 4.08. The maximum atomic E-state index is 15.0. The van der Waals surface area contributed by atoms with Crippen molar-refractivity contribution in [2.45, 2.75) is 31.7 Å². The molecule has 2 aromatic carbocycles. The monoisotopic (exact) mass is 525 g/mol. The summed E-state index contributed by atoms with van der Waals surface area (Å²) in [6, 6.07) is 9.25. The number of nitrogens with zero attached hydrogens (tertiary/aromatic N) is 6. The van der Waals surface area contributed by atoms with E-state index in [4.69, 9.17) is 5.73 Å². The Hall–Kier alpha value is -4.57. The smallest absolute Gasteiger partial charge is 0.391 e. The molecule has 0 unspecified atom stereocenters. The first-order chi connectivity index (χ1) is 18.0. The molecular formula is C25H19F4N7O2. The van der Waals surface area contributed by atoms with Gasteiger partial charge < -0.3 is 15.7 Å². The largest absolute Gasteiger partial charge is 0.417 e. The van der Waals surface area contributed by atoms with Crippen LogP contribution in [0.1, 0.15) is 35.1 Å². The highest BCUT2D eigenvalue weighted by Crippen LogP contribution is 2.39. The first-order valence-electron chi connectivity index (χ1n) is 11.4. The van der Waals surface area contributed by atoms with Crippen LogP contribution in [0.15, 0.2) is 47.3 Å². The molecule has 13 heteroatoms. The van der Waals surface area contributed by atoms with Crippen LogP contribution in [0.5, 0.6) is 0 Å². The number of benzene rings is 2. The molecule has 0 saturated carbocycles. The van der Waals surface area contributed by atoms with Gasteiger partial charge in [-0.1, -0.05) is 18.2 Å². The molecule has 9 nitrogen and oxygen atoms in total. The molecule has 0 aliphatic carbocycles. The number of aryl methyl sites for hydroxylation is 1. The lowest BCUT2D eigenvalue weighted by Gasteiger charge is -2.28. The Morgan fingerprint density at radius 2 is 1.87 bits per heavy atom. The fourth-order valence-corrected chi connectivity index (χ4v) is 4.78. The molecule has 1 fully saturated rings. The Balaban J connectivity index is 1.86. The predicted octanol–water partition coefficient (Wildman–Crippen LogP) is 3.41. The van der Waals surface area contributed by atoms with Gasteiger partial charge in [-0.3, -0.25) is 9.36 Å². The van der Waals surface area contributed by atoms with E-state index in [1.165, 1.54) is 29.2 Å². The van der Waals surface area contributed by atoms with Crippen LogP contribution in [-0.4, -0.2) is 37.3 Å². The molecule has 3 heterocycles. The maximum Gasteiger partial charge on any atom is 0.417 e. The molecule has 0 amide bonds. The molecule has 2 atom stereocenters. The van der Waals surface area contributed by atoms with Crippen molar-refractivity contribution in [1.82, 2.24) is 19.5 Å². The number of fused-ring (bicyclic) bond motifs is 1. The summed E-state index contributed by atoms with van der Waals surface area (Å²) in [4.78, 5) is 27.8. The molecule has 38 heavy (non-hydrogen) atoms. The van der Waals surface area contributed by atoms with Crippen molar-refractivity contribution in [2.24, 2.45) is 0 Å². The van der Waals surface area contributed by atoms with Gasteiger partial charge in [-0.25, -0.2) is 14.4 Å². The lowest BCUT2D eigenvalue weighted by molar-refractivity contribution is -0.136. The number of nitrogen functional groups attached to an aromatic ring is 1. The Labute approximate surface area is 212 Å². The van der Waals surface area contributed by atoms with E-state index >= 15 is 4.39 Å². The number of hydrogen-bond acceptors (Lipinski definition) is 8. The molecule has 3 N–H and O–H groups in total. The zero-order valence-corrected chi connectivity index (χ0v) is 19.7. The Morgan fingerprint density at radius 1 is 1.13 bits per heavy atom. The maximum absolute atomic E-state index is 15.0. The number of aliphatic hydroxyl groups is 1. The van der Waals surface area contributed by atoms with Crippen LogP contribution in [0.25, 0.3) is 16.6 Å². The van der Waals surface area contributed by atoms with Gasteiger partial charge in [-0.2, -0.15) is 23.4 Å². The van der Waals surface area contributed by atoms with E-state index in [0.29, 0.717) is 0 Å². The van der Waals surface area contributed by atoms with Gasteiger partial charge in [-0.05, 0) is 31.2 Å². The van der Waals surface area contributed by atoms with Gasteiger partial charge in [-0.15, -0.1) is 0 Å². The number of aliphatic hydroxyl groups excluding tert-OH is 1. The lowest BCUT2D eigenvalue weighted by Crippen LogP contribution is -2.33. The van der Waals surface area contributed by atoms with Gasteiger partial charge in [0.1, 0.15) is 23.3 Å². The van der Waals surface area contributed by atoms with Crippen LogP contribution in [0.3, 0.4) is 0 Å². The number of para-hydroxylation sites is 1. The van der Waals surface area contributed by atoms with Gasteiger partial charge in [0, 0.05) is 13.0 Å². The molecule has 0 spiro atoms. The number of rotatable bonds is 3. The van der Waals surface area contributed by atoms with Crippen LogP contribution in [0.4, 0.5) is 29.3 Å². The third-order valence-electron chi connectivity index (χ3n) is 6.37. The van der Waals surface area contributed by atoms with Crippen LogP contribution in [0, 0.1) is 24.1 Å². The Kier molecular flexibility index (Phi) is 5.99. The summed E-state index contributed by atoms with van der Waals surface area (Å²) in [6.45, 7) is 1.48. The summed E-state index contributed by atoms with van der Waals surface area (Å²) in [6.07, 6.45) is -5.91. The summed E-state index contributed by atoms with van der Waals surface area (Å²) in [7, 11) is 0. The van der Waals surface area contributed by atoms with E-state index in [-0.39, 0.29) is 53.0 Å². The average Bonchev–Trinajstić information content (AvgIpc) is 3.24. The topological polar surface area (TPSA) is 134 Å². The zero-order valence-electron chi connectivity index (χ0n) is 19.7. The summed E-state index contributed by atoms with van der Waals surface area (Å²) in [5.74, 6) is -1.10. The molecule has 1 aliphatic rings. The standard InChI is InChI=1S/C25H19F4N7O2/c1-12-14(10-30)21(34-24(31)32-12)35-11-13(37)9-19(35)22-33-17-7-4-5-15(25(27,28)29)20(17)23(38)36(22)18-8-3-2-6-16(18)26/h2-8,13,19,37H,9,11H2,1H3,(H2,31,32,34)/t13-,19-/m0/s1. The van der Waals surface area contributed by atoms with Crippen LogP contribution >= 0.6 is 0 Å². The lowest BCUT2D eigenvalue weighted by atomic mass is 10.1. The number of nitrogens with two attached hydrogens (primary N) is 1. The minimum atomic E-state index is -4.87. The molecular weight excluding hydrogens is 506 g/mol. The molecule has 1 saturated heterocycles. The summed E-state index contributed by atoms with van der Waals surface area (Å²) < 4.78 is 57.4. The predicted molar refractivity (Wildman–Crippen MR) is 129 cm³/mol. The molecule has 1 aliphatic heterocycles. The van der Waals surface area contributed by atoms with Gasteiger partial charge in [0.25, 0.3) is 5.56 Å². The number of halogens is 4. The average molecular weight is 525 g/mol. The second kappa shape index (κ2) is 9.07. The molecule has 4 aromatic rings. The molecule has 0 bridgehead atoms. The first kappa shape index (κ1) is 25.1. The van der Waals surface area contributed by atoms with Crippen molar-refractivity contribution >= 4 is 22.7 Å². The fourth-order valence-electron chi connectivity index (χ4n) is 4.78. The van der Waals surface area contributed by atoms with Gasteiger partial charge in [0.15, 0.2) is 5.82 Å². The van der Waals surface area contributed by atoms with Gasteiger partial charge in [0.2, 0.25) is 5.95 Å². The summed E-state index contributed by atoms with van der Waals surface area (Å²) >= 11 is 0. The van der Waals surface area contributed by atoms with Crippen molar-refractivity contribution in [3.63, 3.8) is 0 Å². The molecule has 0 radical (unpaired) electrons. The number of nitriles is 1. The van der Waals surface area contributed by atoms with E-state index in [1.54, 1.807) is 6.92 Å². The van der Waals surface area contributed by atoms with Crippen LogP contribution in [-0.2, 0) is 6.18 Å². The van der Waals surface area contributed by atoms with Crippen molar-refractivity contribution in [3.8, 4) is 11.8 Å². The van der Waals surface area contributed by atoms with Crippen molar-refractivity contribution in [3.05, 3.63) is 81.3 Å². The van der Waals surface area contributed by atoms with E-state index in [2.05, 4.69) is 15.0 Å². The summed E-state index contributed by atoms with van der Waals surface area (Å²) in [5.41, 5.74) is 3.22. The van der Waals surface area contributed by atoms with Crippen molar-refractivity contribution in [2.75, 3.05) is 17.2 Å². The van der Waals surface area contributed by atoms with Crippen molar-refractivity contribution < 1.29 is 22.7 Å². The zero-order chi connectivity index (χ0) is 27.4. The first-order valence-corrected chi connectivity index (χ1v) is 11.4.